The number of allylic oxidation sites excluding steroid dienone is 1. The van der Waals surface area contributed by atoms with Gasteiger partial charge in [0.15, 0.2) is 5.78 Å². The molecule has 0 N–H and O–H groups in total. The van der Waals surface area contributed by atoms with Gasteiger partial charge in [-0.3, -0.25) is 9.59 Å². The van der Waals surface area contributed by atoms with Crippen LogP contribution in [0.5, 0.6) is 0 Å². The fourth-order valence-electron chi connectivity index (χ4n) is 3.89. The topological polar surface area (TPSA) is 55.2 Å². The van der Waals surface area contributed by atoms with Gasteiger partial charge in [0, 0.05) is 30.7 Å². The summed E-state index contributed by atoms with van der Waals surface area (Å²) in [6, 6.07) is 16.8. The highest BCUT2D eigenvalue weighted by molar-refractivity contribution is 6.30. The van der Waals surface area contributed by atoms with E-state index in [1.165, 1.54) is 10.8 Å². The third kappa shape index (κ3) is 4.62. The number of piperidine rings is 1. The van der Waals surface area contributed by atoms with Crippen LogP contribution in [0.4, 0.5) is 5.69 Å². The molecule has 5 nitrogen and oxygen atoms in total. The number of benzene rings is 2. The van der Waals surface area contributed by atoms with Crippen LogP contribution in [0.3, 0.4) is 0 Å². The van der Waals surface area contributed by atoms with Crippen molar-refractivity contribution < 1.29 is 4.79 Å². The minimum absolute atomic E-state index is 0.237. The van der Waals surface area contributed by atoms with Crippen LogP contribution in [-0.4, -0.2) is 28.7 Å². The van der Waals surface area contributed by atoms with Gasteiger partial charge < -0.3 is 4.90 Å². The van der Waals surface area contributed by atoms with Gasteiger partial charge in [-0.1, -0.05) is 60.1 Å². The molecule has 0 atom stereocenters. The lowest BCUT2D eigenvalue weighted by molar-refractivity contribution is 0.104. The van der Waals surface area contributed by atoms with Crippen LogP contribution in [0.1, 0.15) is 35.2 Å². The molecule has 0 bridgehead atoms. The van der Waals surface area contributed by atoms with Gasteiger partial charge in [-0.15, -0.1) is 0 Å². The Hall–Kier alpha value is -3.18. The van der Waals surface area contributed by atoms with Crippen LogP contribution in [-0.2, 0) is 7.05 Å². The molecule has 0 saturated carbocycles. The number of rotatable bonds is 5. The highest BCUT2D eigenvalue weighted by Crippen LogP contribution is 2.29. The molecule has 2 heterocycles. The molecule has 1 fully saturated rings. The number of carbonyl (C=O) groups is 1. The lowest BCUT2D eigenvalue weighted by Crippen LogP contribution is -2.38. The summed E-state index contributed by atoms with van der Waals surface area (Å²) in [6.45, 7) is 1.52. The first kappa shape index (κ1) is 21.1. The maximum atomic E-state index is 13.5. The number of anilines is 1. The first-order chi connectivity index (χ1) is 15.0. The third-order valence-electron chi connectivity index (χ3n) is 5.48. The fraction of sp³-hybridized carbons (Fsp3) is 0.240. The highest BCUT2D eigenvalue weighted by Gasteiger charge is 2.26. The summed E-state index contributed by atoms with van der Waals surface area (Å²) in [5.74, 6) is -0.237. The highest BCUT2D eigenvalue weighted by atomic mass is 35.5. The average molecular weight is 434 g/mol. The second kappa shape index (κ2) is 9.31. The maximum Gasteiger partial charge on any atom is 0.290 e. The van der Waals surface area contributed by atoms with Gasteiger partial charge in [-0.25, -0.2) is 4.68 Å². The molecular weight excluding hydrogens is 410 g/mol. The predicted octanol–water partition coefficient (Wildman–Crippen LogP) is 4.99. The van der Waals surface area contributed by atoms with Crippen molar-refractivity contribution in [3.05, 3.63) is 87.2 Å². The summed E-state index contributed by atoms with van der Waals surface area (Å²) in [5, 5.41) is 5.13. The van der Waals surface area contributed by atoms with Gasteiger partial charge in [-0.05, 0) is 43.0 Å². The second-order valence-corrected chi connectivity index (χ2v) is 8.10. The second-order valence-electron chi connectivity index (χ2n) is 7.66. The minimum atomic E-state index is -0.246. The Morgan fingerprint density at radius 3 is 2.35 bits per heavy atom. The van der Waals surface area contributed by atoms with Crippen molar-refractivity contribution in [3.63, 3.8) is 0 Å². The summed E-state index contributed by atoms with van der Waals surface area (Å²) in [7, 11) is 1.64. The summed E-state index contributed by atoms with van der Waals surface area (Å²) in [5.41, 5.74) is 2.75. The molecule has 1 aromatic heterocycles. The Labute approximate surface area is 186 Å². The summed E-state index contributed by atoms with van der Waals surface area (Å²) in [4.78, 5) is 28.7. The zero-order valence-electron chi connectivity index (χ0n) is 17.4. The first-order valence-corrected chi connectivity index (χ1v) is 10.8. The van der Waals surface area contributed by atoms with E-state index >= 15 is 0 Å². The van der Waals surface area contributed by atoms with E-state index in [1.54, 1.807) is 25.3 Å². The zero-order chi connectivity index (χ0) is 21.8. The van der Waals surface area contributed by atoms with Crippen LogP contribution >= 0.6 is 11.6 Å². The number of carbonyl (C=O) groups excluding carboxylic acids is 1. The summed E-state index contributed by atoms with van der Waals surface area (Å²) < 4.78 is 1.34. The molecule has 158 valence electrons. The van der Waals surface area contributed by atoms with Gasteiger partial charge in [0.25, 0.3) is 5.56 Å². The predicted molar refractivity (Wildman–Crippen MR) is 126 cm³/mol. The van der Waals surface area contributed by atoms with Crippen LogP contribution in [0.2, 0.25) is 5.02 Å². The minimum Gasteiger partial charge on any atom is -0.366 e. The molecule has 0 amide bonds. The molecule has 6 heteroatoms. The molecule has 0 spiro atoms. The van der Waals surface area contributed by atoms with Crippen molar-refractivity contribution in [2.24, 2.45) is 7.05 Å². The van der Waals surface area contributed by atoms with E-state index in [1.807, 2.05) is 47.4 Å². The molecule has 0 unspecified atom stereocenters. The number of hydrogen-bond donors (Lipinski definition) is 0. The summed E-state index contributed by atoms with van der Waals surface area (Å²) in [6.07, 6.45) is 6.39. The molecule has 1 saturated heterocycles. The van der Waals surface area contributed by atoms with Crippen molar-refractivity contribution in [2.45, 2.75) is 19.3 Å². The van der Waals surface area contributed by atoms with Crippen LogP contribution in [0.15, 0.2) is 65.5 Å². The van der Waals surface area contributed by atoms with Crippen molar-refractivity contribution in [3.8, 4) is 11.3 Å². The van der Waals surface area contributed by atoms with Crippen molar-refractivity contribution >= 4 is 29.1 Å². The molecule has 1 aliphatic rings. The van der Waals surface area contributed by atoms with Gasteiger partial charge in [0.05, 0.1) is 5.56 Å². The number of ketones is 1. The van der Waals surface area contributed by atoms with Crippen molar-refractivity contribution in [1.82, 2.24) is 9.78 Å². The molecule has 0 aliphatic carbocycles. The normalized spacial score (nSPS) is 14.2. The van der Waals surface area contributed by atoms with E-state index < -0.39 is 0 Å². The van der Waals surface area contributed by atoms with E-state index in [0.717, 1.165) is 43.5 Å². The van der Waals surface area contributed by atoms with Crippen molar-refractivity contribution in [1.29, 1.82) is 0 Å². The Morgan fingerprint density at radius 2 is 1.68 bits per heavy atom. The lowest BCUT2D eigenvalue weighted by Gasteiger charge is -2.30. The molecule has 2 aromatic carbocycles. The first-order valence-electron chi connectivity index (χ1n) is 10.4. The van der Waals surface area contributed by atoms with Crippen molar-refractivity contribution in [2.75, 3.05) is 18.0 Å². The van der Waals surface area contributed by atoms with E-state index in [-0.39, 0.29) is 11.3 Å². The van der Waals surface area contributed by atoms with Crippen LogP contribution < -0.4 is 10.5 Å². The standard InChI is InChI=1S/C25H24ClN3O2/c1-28-25(31)24(29-16-6-3-7-17-29)22(23(27-28)19-8-4-2-5-9-19)21(30)15-12-18-10-13-20(26)14-11-18/h2,4-5,8-15H,3,6-7,16-17H2,1H3/b15-12+. The number of hydrogen-bond acceptors (Lipinski definition) is 4. The lowest BCUT2D eigenvalue weighted by atomic mass is 9.99. The van der Waals surface area contributed by atoms with E-state index in [0.29, 0.717) is 22.0 Å². The molecule has 1 aliphatic heterocycles. The largest absolute Gasteiger partial charge is 0.366 e. The van der Waals surface area contributed by atoms with E-state index in [4.69, 9.17) is 11.6 Å². The number of nitrogens with zero attached hydrogens (tertiary/aromatic N) is 3. The Kier molecular flexibility index (Phi) is 6.33. The number of aryl methyl sites for hydroxylation is 1. The van der Waals surface area contributed by atoms with E-state index in [9.17, 15) is 9.59 Å². The number of halogens is 1. The Morgan fingerprint density at radius 1 is 1.00 bits per heavy atom. The fourth-order valence-corrected chi connectivity index (χ4v) is 4.02. The van der Waals surface area contributed by atoms with Gasteiger partial charge in [0.2, 0.25) is 0 Å². The SMILES string of the molecule is Cn1nc(-c2ccccc2)c(C(=O)/C=C/c2ccc(Cl)cc2)c(N2CCCCC2)c1=O. The molecular formula is C25H24ClN3O2. The molecule has 0 radical (unpaired) electrons. The van der Waals surface area contributed by atoms with Crippen LogP contribution in [0.25, 0.3) is 17.3 Å². The number of aromatic nitrogens is 2. The third-order valence-corrected chi connectivity index (χ3v) is 5.74. The summed E-state index contributed by atoms with van der Waals surface area (Å²) >= 11 is 5.96. The Balaban J connectivity index is 1.86. The van der Waals surface area contributed by atoms with E-state index in [2.05, 4.69) is 5.10 Å². The zero-order valence-corrected chi connectivity index (χ0v) is 18.2. The monoisotopic (exact) mass is 433 g/mol. The molecule has 4 rings (SSSR count). The van der Waals surface area contributed by atoms with Crippen LogP contribution in [0, 0.1) is 0 Å². The smallest absolute Gasteiger partial charge is 0.290 e. The van der Waals surface area contributed by atoms with Gasteiger partial charge in [0.1, 0.15) is 11.4 Å². The van der Waals surface area contributed by atoms with Gasteiger partial charge >= 0.3 is 0 Å². The quantitative estimate of drug-likeness (QED) is 0.420. The maximum absolute atomic E-state index is 13.5. The van der Waals surface area contributed by atoms with Gasteiger partial charge in [-0.2, -0.15) is 5.10 Å². The molecule has 31 heavy (non-hydrogen) atoms. The average Bonchev–Trinajstić information content (AvgIpc) is 2.81. The Bertz CT molecular complexity index is 1160. The molecule has 3 aromatic rings.